The number of halogens is 1. The number of nitrogens with zero attached hydrogens (tertiary/aromatic N) is 1. The lowest BCUT2D eigenvalue weighted by molar-refractivity contribution is -0.125. The van der Waals surface area contributed by atoms with Crippen LogP contribution in [0.5, 0.6) is 17.2 Å². The number of hydrogen-bond acceptors (Lipinski definition) is 4. The third-order valence-corrected chi connectivity index (χ3v) is 6.60. The van der Waals surface area contributed by atoms with Gasteiger partial charge in [0.2, 0.25) is 11.8 Å². The topological polar surface area (TPSA) is 67.9 Å². The van der Waals surface area contributed by atoms with Crippen LogP contribution in [0.1, 0.15) is 24.4 Å². The zero-order chi connectivity index (χ0) is 26.5. The van der Waals surface area contributed by atoms with Crippen LogP contribution in [0.3, 0.4) is 0 Å². The number of ether oxygens (including phenoxy) is 2. The molecule has 1 fully saturated rings. The number of anilines is 2. The Balaban J connectivity index is 1.40. The van der Waals surface area contributed by atoms with Crippen LogP contribution in [0.2, 0.25) is 0 Å². The fraction of sp³-hybridized carbons (Fsp3) is 0.161. The smallest absolute Gasteiger partial charge is 0.229 e. The molecular formula is C31H27FN2O4. The highest BCUT2D eigenvalue weighted by molar-refractivity contribution is 6.00. The maximum absolute atomic E-state index is 13.8. The molecule has 1 heterocycles. The number of carbonyl (C=O) groups is 2. The Morgan fingerprint density at radius 2 is 1.47 bits per heavy atom. The molecule has 0 spiro atoms. The van der Waals surface area contributed by atoms with E-state index < -0.39 is 12.0 Å². The van der Waals surface area contributed by atoms with Gasteiger partial charge in [-0.25, -0.2) is 4.39 Å². The standard InChI is InChI=1S/C31H27FN2O4/c1-37-25-17-13-24(14-18-25)34-29(35)20-19-28(30(34)21-7-9-22(32)10-8-21)31(36)33-23-11-15-27(16-12-23)38-26-5-3-2-4-6-26/h2-18,28,30H,19-20H2,1H3,(H,33,36)/t28-,30+/m1/s1. The highest BCUT2D eigenvalue weighted by Gasteiger charge is 2.41. The molecular weight excluding hydrogens is 483 g/mol. The molecule has 0 aliphatic carbocycles. The molecule has 192 valence electrons. The normalized spacial score (nSPS) is 17.1. The molecule has 0 saturated carbocycles. The number of para-hydroxylation sites is 1. The Morgan fingerprint density at radius 3 is 2.13 bits per heavy atom. The largest absolute Gasteiger partial charge is 0.497 e. The second-order valence-electron chi connectivity index (χ2n) is 9.03. The zero-order valence-electron chi connectivity index (χ0n) is 20.8. The molecule has 1 aliphatic heterocycles. The number of benzene rings is 4. The Labute approximate surface area is 220 Å². The monoisotopic (exact) mass is 510 g/mol. The summed E-state index contributed by atoms with van der Waals surface area (Å²) in [6, 6.07) is 29.0. The first-order chi connectivity index (χ1) is 18.5. The van der Waals surface area contributed by atoms with Crippen molar-refractivity contribution < 1.29 is 23.5 Å². The first-order valence-electron chi connectivity index (χ1n) is 12.4. The van der Waals surface area contributed by atoms with Crippen molar-refractivity contribution in [1.29, 1.82) is 0 Å². The SMILES string of the molecule is COc1ccc(N2C(=O)CC[C@@H](C(=O)Nc3ccc(Oc4ccccc4)cc3)[C@@H]2c2ccc(F)cc2)cc1. The van der Waals surface area contributed by atoms with Crippen molar-refractivity contribution in [2.45, 2.75) is 18.9 Å². The van der Waals surface area contributed by atoms with E-state index in [0.717, 1.165) is 5.75 Å². The van der Waals surface area contributed by atoms with E-state index in [0.29, 0.717) is 34.9 Å². The minimum atomic E-state index is -0.606. The van der Waals surface area contributed by atoms with Crippen molar-refractivity contribution >= 4 is 23.2 Å². The Morgan fingerprint density at radius 1 is 0.842 bits per heavy atom. The van der Waals surface area contributed by atoms with Gasteiger partial charge in [-0.1, -0.05) is 30.3 Å². The Hall–Kier alpha value is -4.65. The molecule has 6 nitrogen and oxygen atoms in total. The maximum Gasteiger partial charge on any atom is 0.229 e. The van der Waals surface area contributed by atoms with Gasteiger partial charge in [0.15, 0.2) is 0 Å². The third-order valence-electron chi connectivity index (χ3n) is 6.60. The van der Waals surface area contributed by atoms with Crippen molar-refractivity contribution in [3.05, 3.63) is 115 Å². The summed E-state index contributed by atoms with van der Waals surface area (Å²) in [6.45, 7) is 0. The van der Waals surface area contributed by atoms with Gasteiger partial charge in [-0.3, -0.25) is 9.59 Å². The summed E-state index contributed by atoms with van der Waals surface area (Å²) in [6.07, 6.45) is 0.584. The van der Waals surface area contributed by atoms with E-state index in [2.05, 4.69) is 5.32 Å². The minimum absolute atomic E-state index is 0.101. The van der Waals surface area contributed by atoms with Crippen molar-refractivity contribution in [2.75, 3.05) is 17.3 Å². The molecule has 1 aliphatic rings. The molecule has 2 amide bonds. The van der Waals surface area contributed by atoms with E-state index in [1.54, 1.807) is 72.7 Å². The lowest BCUT2D eigenvalue weighted by Gasteiger charge is -2.41. The predicted octanol–water partition coefficient (Wildman–Crippen LogP) is 6.75. The van der Waals surface area contributed by atoms with E-state index in [4.69, 9.17) is 9.47 Å². The lowest BCUT2D eigenvalue weighted by Crippen LogP contribution is -2.47. The predicted molar refractivity (Wildman–Crippen MR) is 144 cm³/mol. The number of hydrogen-bond donors (Lipinski definition) is 1. The number of amides is 2. The second kappa shape index (κ2) is 11.2. The molecule has 7 heteroatoms. The van der Waals surface area contributed by atoms with Crippen LogP contribution in [-0.2, 0) is 9.59 Å². The van der Waals surface area contributed by atoms with E-state index in [9.17, 15) is 14.0 Å². The van der Waals surface area contributed by atoms with Crippen LogP contribution < -0.4 is 19.7 Å². The molecule has 1 saturated heterocycles. The second-order valence-corrected chi connectivity index (χ2v) is 9.03. The Kier molecular flexibility index (Phi) is 7.35. The molecule has 1 N–H and O–H groups in total. The average Bonchev–Trinajstić information content (AvgIpc) is 2.95. The summed E-state index contributed by atoms with van der Waals surface area (Å²) in [4.78, 5) is 28.4. The quantitative estimate of drug-likeness (QED) is 0.299. The molecule has 4 aromatic rings. The molecule has 38 heavy (non-hydrogen) atoms. The van der Waals surface area contributed by atoms with Crippen LogP contribution in [-0.4, -0.2) is 18.9 Å². The lowest BCUT2D eigenvalue weighted by atomic mass is 9.83. The van der Waals surface area contributed by atoms with Crippen molar-refractivity contribution in [2.24, 2.45) is 5.92 Å². The van der Waals surface area contributed by atoms with Gasteiger partial charge in [-0.2, -0.15) is 0 Å². The number of rotatable bonds is 7. The van der Waals surface area contributed by atoms with Gasteiger partial charge in [0.25, 0.3) is 0 Å². The number of methoxy groups -OCH3 is 1. The number of nitrogens with one attached hydrogen (secondary N) is 1. The molecule has 2 atom stereocenters. The summed E-state index contributed by atoms with van der Waals surface area (Å²) in [5, 5.41) is 2.99. The van der Waals surface area contributed by atoms with Crippen molar-refractivity contribution in [1.82, 2.24) is 0 Å². The summed E-state index contributed by atoms with van der Waals surface area (Å²) >= 11 is 0. The molecule has 0 radical (unpaired) electrons. The van der Waals surface area contributed by atoms with E-state index in [-0.39, 0.29) is 24.1 Å². The van der Waals surface area contributed by atoms with Gasteiger partial charge in [0.05, 0.1) is 19.1 Å². The average molecular weight is 511 g/mol. The van der Waals surface area contributed by atoms with E-state index >= 15 is 0 Å². The van der Waals surface area contributed by atoms with Gasteiger partial charge >= 0.3 is 0 Å². The van der Waals surface area contributed by atoms with Gasteiger partial charge in [-0.05, 0) is 84.8 Å². The third kappa shape index (κ3) is 5.52. The van der Waals surface area contributed by atoms with Gasteiger partial charge in [0, 0.05) is 17.8 Å². The van der Waals surface area contributed by atoms with Crippen LogP contribution in [0.4, 0.5) is 15.8 Å². The van der Waals surface area contributed by atoms with E-state index in [1.165, 1.54) is 12.1 Å². The molecule has 0 aromatic heterocycles. The van der Waals surface area contributed by atoms with Crippen LogP contribution in [0.25, 0.3) is 0 Å². The number of carbonyl (C=O) groups excluding carboxylic acids is 2. The first kappa shape index (κ1) is 25.0. The Bertz CT molecular complexity index is 1390. The highest BCUT2D eigenvalue weighted by Crippen LogP contribution is 2.41. The molecule has 0 bridgehead atoms. The number of piperidine rings is 1. The molecule has 4 aromatic carbocycles. The summed E-state index contributed by atoms with van der Waals surface area (Å²) in [5.74, 6) is 0.763. The van der Waals surface area contributed by atoms with Gasteiger partial charge in [-0.15, -0.1) is 0 Å². The highest BCUT2D eigenvalue weighted by atomic mass is 19.1. The zero-order valence-corrected chi connectivity index (χ0v) is 20.8. The van der Waals surface area contributed by atoms with Crippen LogP contribution >= 0.6 is 0 Å². The molecule has 0 unspecified atom stereocenters. The van der Waals surface area contributed by atoms with Crippen molar-refractivity contribution in [3.8, 4) is 17.2 Å². The molecule has 5 rings (SSSR count). The summed E-state index contributed by atoms with van der Waals surface area (Å²) < 4.78 is 24.9. The fourth-order valence-corrected chi connectivity index (χ4v) is 4.72. The van der Waals surface area contributed by atoms with E-state index in [1.807, 2.05) is 30.3 Å². The van der Waals surface area contributed by atoms with Gasteiger partial charge < -0.3 is 19.7 Å². The van der Waals surface area contributed by atoms with Gasteiger partial charge in [0.1, 0.15) is 23.1 Å². The van der Waals surface area contributed by atoms with Crippen molar-refractivity contribution in [3.63, 3.8) is 0 Å². The summed E-state index contributed by atoms with van der Waals surface area (Å²) in [7, 11) is 1.57. The summed E-state index contributed by atoms with van der Waals surface area (Å²) in [5.41, 5.74) is 1.94. The fourth-order valence-electron chi connectivity index (χ4n) is 4.72. The van der Waals surface area contributed by atoms with Crippen LogP contribution in [0.15, 0.2) is 103 Å². The minimum Gasteiger partial charge on any atom is -0.497 e. The maximum atomic E-state index is 13.8. The first-order valence-corrected chi connectivity index (χ1v) is 12.4. The van der Waals surface area contributed by atoms with Crippen LogP contribution in [0, 0.1) is 11.7 Å².